The fourth-order valence-electron chi connectivity index (χ4n) is 4.07. The Kier molecular flexibility index (Phi) is 4.53. The molecule has 1 saturated heterocycles. The molecule has 0 bridgehead atoms. The van der Waals surface area contributed by atoms with Crippen LogP contribution in [0.2, 0.25) is 0 Å². The minimum Gasteiger partial charge on any atom is -0.444 e. The second kappa shape index (κ2) is 6.55. The lowest BCUT2D eigenvalue weighted by Crippen LogP contribution is -2.39. The number of amides is 1. The van der Waals surface area contributed by atoms with Crippen molar-refractivity contribution in [2.24, 2.45) is 0 Å². The Morgan fingerprint density at radius 2 is 2.07 bits per heavy atom. The zero-order chi connectivity index (χ0) is 20.3. The molecule has 0 saturated carbocycles. The van der Waals surface area contributed by atoms with E-state index in [9.17, 15) is 9.59 Å². The molecule has 1 N–H and O–H groups in total. The van der Waals surface area contributed by atoms with Gasteiger partial charge in [-0.3, -0.25) is 9.89 Å². The van der Waals surface area contributed by atoms with Crippen molar-refractivity contribution in [1.82, 2.24) is 24.5 Å². The maximum atomic E-state index is 13.2. The average Bonchev–Trinajstić information content (AvgIpc) is 2.98. The Balaban J connectivity index is 1.68. The van der Waals surface area contributed by atoms with Crippen LogP contribution in [-0.2, 0) is 15.1 Å². The number of H-pyrrole nitrogens is 1. The molecule has 2 aliphatic heterocycles. The summed E-state index contributed by atoms with van der Waals surface area (Å²) in [4.78, 5) is 36.2. The van der Waals surface area contributed by atoms with Crippen LogP contribution in [0.15, 0.2) is 9.53 Å². The fourth-order valence-corrected chi connectivity index (χ4v) is 4.40. The summed E-state index contributed by atoms with van der Waals surface area (Å²) in [5, 5.41) is 2.87. The van der Waals surface area contributed by atoms with E-state index in [2.05, 4.69) is 31.0 Å². The highest BCUT2D eigenvalue weighted by atomic mass is 79.9. The first-order valence-electron chi connectivity index (χ1n) is 9.44. The number of halogens is 1. The molecule has 1 spiro atoms. The van der Waals surface area contributed by atoms with Crippen LogP contribution in [0.1, 0.15) is 64.3 Å². The lowest BCUT2D eigenvalue weighted by molar-refractivity contribution is -0.0798. The third kappa shape index (κ3) is 3.22. The van der Waals surface area contributed by atoms with Crippen molar-refractivity contribution in [2.45, 2.75) is 64.3 Å². The zero-order valence-electron chi connectivity index (χ0n) is 16.4. The topological polar surface area (TPSA) is 102 Å². The number of nitrogens with one attached hydrogen (secondary N) is 1. The molecule has 2 aromatic heterocycles. The summed E-state index contributed by atoms with van der Waals surface area (Å²) in [7, 11) is 0. The predicted octanol–water partition coefficient (Wildman–Crippen LogP) is 2.89. The molecule has 1 fully saturated rings. The van der Waals surface area contributed by atoms with Gasteiger partial charge in [-0.1, -0.05) is 0 Å². The standard InChI is InChI=1S/C18H24BrN5O4/c1-10-12-11(13(25)24-15(20-12)21-14(19)22-24)18(27-10)6-5-8-23(9-7-18)16(26)28-17(2,3)4/h10H,5-9H2,1-4H3,(H,20,21,22)/t10-,18+/m1/s1. The molecule has 4 heterocycles. The summed E-state index contributed by atoms with van der Waals surface area (Å²) in [6, 6.07) is 0. The van der Waals surface area contributed by atoms with E-state index in [1.807, 2.05) is 27.7 Å². The molecule has 2 aliphatic rings. The minimum atomic E-state index is -0.756. The van der Waals surface area contributed by atoms with Crippen molar-refractivity contribution >= 4 is 27.8 Å². The van der Waals surface area contributed by atoms with Crippen molar-refractivity contribution in [3.8, 4) is 0 Å². The molecular formula is C18H24BrN5O4. The molecule has 0 unspecified atom stereocenters. The second-order valence-electron chi connectivity index (χ2n) is 8.40. The molecule has 2 atom stereocenters. The first-order valence-corrected chi connectivity index (χ1v) is 10.2. The predicted molar refractivity (Wildman–Crippen MR) is 104 cm³/mol. The van der Waals surface area contributed by atoms with E-state index in [1.165, 1.54) is 4.52 Å². The molecule has 0 aliphatic carbocycles. The van der Waals surface area contributed by atoms with Crippen LogP contribution < -0.4 is 5.56 Å². The number of nitrogens with zero attached hydrogens (tertiary/aromatic N) is 4. The van der Waals surface area contributed by atoms with Crippen molar-refractivity contribution in [3.05, 3.63) is 26.3 Å². The number of carbonyl (C=O) groups is 1. The normalized spacial score (nSPS) is 25.2. The van der Waals surface area contributed by atoms with Gasteiger partial charge in [0, 0.05) is 13.1 Å². The number of ether oxygens (including phenoxy) is 2. The van der Waals surface area contributed by atoms with E-state index in [0.29, 0.717) is 54.1 Å². The summed E-state index contributed by atoms with van der Waals surface area (Å²) in [5.41, 5.74) is -0.300. The lowest BCUT2D eigenvalue weighted by Gasteiger charge is -2.29. The van der Waals surface area contributed by atoms with Crippen LogP contribution in [0.5, 0.6) is 0 Å². The zero-order valence-corrected chi connectivity index (χ0v) is 18.0. The van der Waals surface area contributed by atoms with Gasteiger partial charge < -0.3 is 14.4 Å². The number of hydrogen-bond acceptors (Lipinski definition) is 6. The summed E-state index contributed by atoms with van der Waals surface area (Å²) >= 11 is 3.25. The van der Waals surface area contributed by atoms with Gasteiger partial charge in [-0.25, -0.2) is 9.78 Å². The first-order chi connectivity index (χ1) is 13.1. The molecule has 4 rings (SSSR count). The van der Waals surface area contributed by atoms with E-state index >= 15 is 0 Å². The molecule has 1 amide bonds. The van der Waals surface area contributed by atoms with Gasteiger partial charge in [0.25, 0.3) is 11.3 Å². The van der Waals surface area contributed by atoms with Crippen LogP contribution in [0, 0.1) is 0 Å². The maximum absolute atomic E-state index is 13.2. The highest BCUT2D eigenvalue weighted by Gasteiger charge is 2.48. The van der Waals surface area contributed by atoms with Gasteiger partial charge in [0.05, 0.1) is 17.4 Å². The Morgan fingerprint density at radius 1 is 1.32 bits per heavy atom. The highest BCUT2D eigenvalue weighted by Crippen LogP contribution is 2.47. The van der Waals surface area contributed by atoms with Crippen LogP contribution in [0.4, 0.5) is 4.79 Å². The van der Waals surface area contributed by atoms with Gasteiger partial charge in [0.1, 0.15) is 11.2 Å². The van der Waals surface area contributed by atoms with E-state index in [4.69, 9.17) is 9.47 Å². The SMILES string of the molecule is C[C@H]1O[C@]2(CCCN(C(=O)OC(C)(C)C)CC2)c2c1nc1nc(Br)[nH]n1c2=O. The Bertz CT molecular complexity index is 994. The second-order valence-corrected chi connectivity index (χ2v) is 9.15. The summed E-state index contributed by atoms with van der Waals surface area (Å²) in [6.07, 6.45) is 1.22. The molecule has 9 nitrogen and oxygen atoms in total. The molecule has 0 aromatic carbocycles. The molecule has 28 heavy (non-hydrogen) atoms. The first kappa shape index (κ1) is 19.4. The third-order valence-corrected chi connectivity index (χ3v) is 5.54. The molecule has 2 aromatic rings. The average molecular weight is 454 g/mol. The number of fused-ring (bicyclic) bond motifs is 3. The number of rotatable bonds is 0. The number of likely N-dealkylation sites (tertiary alicyclic amines) is 1. The highest BCUT2D eigenvalue weighted by molar-refractivity contribution is 9.10. The lowest BCUT2D eigenvalue weighted by atomic mass is 9.88. The van der Waals surface area contributed by atoms with E-state index in [0.717, 1.165) is 0 Å². The summed E-state index contributed by atoms with van der Waals surface area (Å²) in [6.45, 7) is 8.47. The number of carbonyl (C=O) groups excluding carboxylic acids is 1. The van der Waals surface area contributed by atoms with Gasteiger partial charge in [-0.05, 0) is 62.9 Å². The van der Waals surface area contributed by atoms with Crippen LogP contribution in [0.3, 0.4) is 0 Å². The van der Waals surface area contributed by atoms with Gasteiger partial charge >= 0.3 is 6.09 Å². The van der Waals surface area contributed by atoms with Crippen LogP contribution in [0.25, 0.3) is 5.78 Å². The van der Waals surface area contributed by atoms with E-state index in [-0.39, 0.29) is 17.8 Å². The number of hydrogen-bond donors (Lipinski definition) is 1. The van der Waals surface area contributed by atoms with Crippen LogP contribution >= 0.6 is 15.9 Å². The van der Waals surface area contributed by atoms with Gasteiger partial charge in [0.2, 0.25) is 0 Å². The third-order valence-electron chi connectivity index (χ3n) is 5.18. The quantitative estimate of drug-likeness (QED) is 0.657. The Hall–Kier alpha value is -1.94. The van der Waals surface area contributed by atoms with Gasteiger partial charge in [0.15, 0.2) is 4.73 Å². The van der Waals surface area contributed by atoms with Gasteiger partial charge in [-0.15, -0.1) is 0 Å². The van der Waals surface area contributed by atoms with E-state index in [1.54, 1.807) is 4.90 Å². The number of aromatic amines is 1. The van der Waals surface area contributed by atoms with Gasteiger partial charge in [-0.2, -0.15) is 9.50 Å². The molecule has 152 valence electrons. The van der Waals surface area contributed by atoms with Crippen molar-refractivity contribution in [2.75, 3.05) is 13.1 Å². The Morgan fingerprint density at radius 3 is 2.79 bits per heavy atom. The van der Waals surface area contributed by atoms with E-state index < -0.39 is 11.2 Å². The smallest absolute Gasteiger partial charge is 0.410 e. The van der Waals surface area contributed by atoms with Crippen LogP contribution in [-0.4, -0.2) is 49.3 Å². The summed E-state index contributed by atoms with van der Waals surface area (Å²) < 4.78 is 13.6. The number of aromatic nitrogens is 4. The van der Waals surface area contributed by atoms with Crippen molar-refractivity contribution in [1.29, 1.82) is 0 Å². The molecule has 0 radical (unpaired) electrons. The monoisotopic (exact) mass is 453 g/mol. The largest absolute Gasteiger partial charge is 0.444 e. The molecule has 10 heteroatoms. The van der Waals surface area contributed by atoms with Crippen molar-refractivity contribution in [3.63, 3.8) is 0 Å². The summed E-state index contributed by atoms with van der Waals surface area (Å²) in [5.74, 6) is 0.312. The maximum Gasteiger partial charge on any atom is 0.410 e. The Labute approximate surface area is 170 Å². The van der Waals surface area contributed by atoms with Crippen molar-refractivity contribution < 1.29 is 14.3 Å². The molecular weight excluding hydrogens is 430 g/mol. The minimum absolute atomic E-state index is 0.201. The fraction of sp³-hybridized carbons (Fsp3) is 0.667.